The number of hydrogen-bond acceptors (Lipinski definition) is 14. The zero-order valence-corrected chi connectivity index (χ0v) is 38.8. The molecule has 2 saturated carbocycles. The SMILES string of the molecule is CC(=O)OC1C(=O)[C@]2(C)C(O)CC3OCC3(OC(C)=O)C2C(OC(=O)c2ccccc2)C2(O)C[C@H](CC(=O)C3OC(C)(C)N(CB=O)C3c3ccccc3)C(C)=C1C2(C)C.[Y]. The van der Waals surface area contributed by atoms with Crippen molar-refractivity contribution in [3.05, 3.63) is 82.9 Å². The number of ether oxygens (including phenoxy) is 5. The van der Waals surface area contributed by atoms with Crippen molar-refractivity contribution >= 4 is 36.6 Å². The number of fused-ring (bicyclic) bond motifs is 5. The van der Waals surface area contributed by atoms with E-state index in [9.17, 15) is 34.1 Å². The molecule has 4 fully saturated rings. The van der Waals surface area contributed by atoms with Crippen molar-refractivity contribution in [2.45, 2.75) is 128 Å². The fraction of sp³-hybridized carbons (Fsp3) is 0.578. The third-order valence-electron chi connectivity index (χ3n) is 14.3. The molecule has 9 unspecified atom stereocenters. The molecule has 2 aromatic carbocycles. The van der Waals surface area contributed by atoms with Crippen LogP contribution in [0.2, 0.25) is 0 Å². The Morgan fingerprint density at radius 2 is 1.56 bits per heavy atom. The number of hydrogen-bond donors (Lipinski definition) is 2. The molecule has 2 heterocycles. The Morgan fingerprint density at radius 3 is 2.11 bits per heavy atom. The second-order valence-corrected chi connectivity index (χ2v) is 18.3. The van der Waals surface area contributed by atoms with Crippen molar-refractivity contribution in [2.24, 2.45) is 22.7 Å². The number of nitrogens with zero attached hydrogens (tertiary/aromatic N) is 1. The van der Waals surface area contributed by atoms with Crippen molar-refractivity contribution in [2.75, 3.05) is 13.1 Å². The Morgan fingerprint density at radius 1 is 0.934 bits per heavy atom. The van der Waals surface area contributed by atoms with Gasteiger partial charge < -0.3 is 14.6 Å². The molecule has 14 nitrogen and oxygen atoms in total. The van der Waals surface area contributed by atoms with E-state index in [0.717, 1.165) is 19.6 Å². The molecule has 2 N–H and O–H groups in total. The van der Waals surface area contributed by atoms with Gasteiger partial charge in [0.05, 0.1) is 18.3 Å². The number of carbonyl (C=O) groups is 5. The van der Waals surface area contributed by atoms with E-state index in [2.05, 4.69) is 0 Å². The van der Waals surface area contributed by atoms with Gasteiger partial charge in [0.15, 0.2) is 0 Å². The van der Waals surface area contributed by atoms with Gasteiger partial charge in [-0.1, -0.05) is 18.2 Å². The molecule has 2 aromatic rings. The first-order chi connectivity index (χ1) is 28.2. The fourth-order valence-corrected chi connectivity index (χ4v) is 11.2. The van der Waals surface area contributed by atoms with Crippen LogP contribution in [0.25, 0.3) is 0 Å². The van der Waals surface area contributed by atoms with Crippen LogP contribution >= 0.6 is 0 Å². The van der Waals surface area contributed by atoms with Gasteiger partial charge in [-0.05, 0) is 19.1 Å². The van der Waals surface area contributed by atoms with Crippen LogP contribution in [-0.2, 0) is 80.3 Å². The molecule has 0 aromatic heterocycles. The van der Waals surface area contributed by atoms with Crippen molar-refractivity contribution < 1.29 is 95.3 Å². The van der Waals surface area contributed by atoms with E-state index in [1.807, 2.05) is 35.2 Å². The third-order valence-corrected chi connectivity index (χ3v) is 14.3. The molecule has 2 bridgehead atoms. The molecule has 2 saturated heterocycles. The summed E-state index contributed by atoms with van der Waals surface area (Å²) >= 11 is 0. The number of carbonyl (C=O) groups excluding carboxylic acids is 5. The van der Waals surface area contributed by atoms with Gasteiger partial charge >= 0.3 is 240 Å². The van der Waals surface area contributed by atoms with Gasteiger partial charge in [0.1, 0.15) is 6.10 Å². The van der Waals surface area contributed by atoms with E-state index >= 15 is 4.79 Å². The van der Waals surface area contributed by atoms with E-state index < -0.39 is 99.8 Å². The maximum Gasteiger partial charge on any atom is 0 e. The molecule has 1 radical (unpaired) electrons. The quantitative estimate of drug-likeness (QED) is 0.150. The summed E-state index contributed by atoms with van der Waals surface area (Å²) in [5.74, 6) is -5.81. The van der Waals surface area contributed by atoms with Crippen molar-refractivity contribution in [3.8, 4) is 0 Å². The van der Waals surface area contributed by atoms with Crippen LogP contribution in [0.15, 0.2) is 71.8 Å². The number of benzene rings is 2. The van der Waals surface area contributed by atoms with Crippen LogP contribution in [0.5, 0.6) is 0 Å². The second-order valence-electron chi connectivity index (χ2n) is 18.3. The monoisotopic (exact) mass is 916 g/mol. The number of Topliss-reactive ketones (excluding diaryl/α,β-unsaturated/α-hetero) is 2. The average Bonchev–Trinajstić information content (AvgIpc) is 3.46. The third kappa shape index (κ3) is 7.57. The van der Waals surface area contributed by atoms with Crippen LogP contribution in [0, 0.1) is 22.7 Å². The first-order valence-corrected chi connectivity index (χ1v) is 20.5. The summed E-state index contributed by atoms with van der Waals surface area (Å²) in [4.78, 5) is 72.6. The summed E-state index contributed by atoms with van der Waals surface area (Å²) in [5.41, 5.74) is -6.82. The normalized spacial score (nSPS) is 36.0. The topological polar surface area (TPSA) is 192 Å². The Bertz CT molecular complexity index is 2110. The number of esters is 3. The van der Waals surface area contributed by atoms with Gasteiger partial charge in [0.2, 0.25) is 0 Å². The first-order valence-electron chi connectivity index (χ1n) is 20.5. The van der Waals surface area contributed by atoms with E-state index in [1.54, 1.807) is 52.8 Å². The largest absolute Gasteiger partial charge is 0 e. The van der Waals surface area contributed by atoms with Gasteiger partial charge in [0.25, 0.3) is 0 Å². The van der Waals surface area contributed by atoms with E-state index in [4.69, 9.17) is 23.7 Å². The standard InChI is InChI=1S/C45H54BNO13.Y/c1-24-29(19-30(50)35-34(27-15-11-9-12-16-27)47(23-46-55)42(6,7)60-35)21-45(54)39(58-40(53)28-17-13-10-14-18-28)37-43(8,31(51)20-32-44(37,22-56-32)59-26(3)49)38(52)36(57-25(2)48)33(24)41(45,4)5;/h9-18,29,31-32,34-37,39,51,54H,19-23H2,1-8H3;/t29-,31?,32?,34?,35?,36?,37?,39?,43+,44?,45?;/m0./s1. The molecular formula is C45H54BNO13Y. The zero-order chi connectivity index (χ0) is 43.7. The van der Waals surface area contributed by atoms with Crippen molar-refractivity contribution in [1.29, 1.82) is 0 Å². The first kappa shape index (κ1) is 47.2. The molecule has 11 atom stereocenters. The minimum atomic E-state index is -2.19. The minimum absolute atomic E-state index is 0. The minimum Gasteiger partial charge on any atom is 0 e. The van der Waals surface area contributed by atoms with Crippen LogP contribution < -0.4 is 0 Å². The Kier molecular flexibility index (Phi) is 13.2. The smallest absolute Gasteiger partial charge is 0 e. The average molecular weight is 917 g/mol. The predicted molar refractivity (Wildman–Crippen MR) is 213 cm³/mol. The molecule has 61 heavy (non-hydrogen) atoms. The molecular weight excluding hydrogens is 862 g/mol. The molecule has 0 spiro atoms. The van der Waals surface area contributed by atoms with Gasteiger partial charge in [-0.2, -0.15) is 0 Å². The molecule has 323 valence electrons. The molecule has 3 aliphatic carbocycles. The Balaban J connectivity index is 0.00000622. The summed E-state index contributed by atoms with van der Waals surface area (Å²) in [6.07, 6.45) is -7.51. The van der Waals surface area contributed by atoms with Crippen LogP contribution in [0.3, 0.4) is 0 Å². The predicted octanol–water partition coefficient (Wildman–Crippen LogP) is 4.05. The molecule has 5 aliphatic rings. The van der Waals surface area contributed by atoms with Crippen LogP contribution in [0.1, 0.15) is 96.6 Å². The Hall–Kier alpha value is -3.30. The van der Waals surface area contributed by atoms with E-state index in [0.29, 0.717) is 5.57 Å². The molecule has 0 amide bonds. The van der Waals surface area contributed by atoms with Gasteiger partial charge in [0, 0.05) is 53.0 Å². The fourth-order valence-electron chi connectivity index (χ4n) is 11.2. The maximum absolute atomic E-state index is 15.6. The number of ketones is 2. The molecule has 16 heteroatoms. The number of rotatable bonds is 10. The molecule has 2 aliphatic heterocycles. The van der Waals surface area contributed by atoms with Gasteiger partial charge in [-0.15, -0.1) is 0 Å². The summed E-state index contributed by atoms with van der Waals surface area (Å²) in [6, 6.07) is 16.6. The van der Waals surface area contributed by atoms with Crippen molar-refractivity contribution in [1.82, 2.24) is 4.90 Å². The Labute approximate surface area is 381 Å². The van der Waals surface area contributed by atoms with Gasteiger partial charge in [-0.3, -0.25) is 9.59 Å². The number of aliphatic hydroxyl groups excluding tert-OH is 1. The van der Waals surface area contributed by atoms with Crippen LogP contribution in [-0.4, -0.2) is 112 Å². The van der Waals surface area contributed by atoms with Crippen molar-refractivity contribution in [3.63, 3.8) is 0 Å². The van der Waals surface area contributed by atoms with E-state index in [-0.39, 0.29) is 81.9 Å². The summed E-state index contributed by atoms with van der Waals surface area (Å²) in [5, 5.41) is 25.9. The number of aliphatic hydroxyl groups is 2. The maximum atomic E-state index is 15.6. The summed E-state index contributed by atoms with van der Waals surface area (Å²) in [6.45, 7) is 12.2. The van der Waals surface area contributed by atoms with Gasteiger partial charge in [-0.25, -0.2) is 4.79 Å². The van der Waals surface area contributed by atoms with Crippen LogP contribution in [0.4, 0.5) is 0 Å². The number of allylic oxidation sites excluding steroid dienone is 1. The second kappa shape index (κ2) is 17.0. The zero-order valence-electron chi connectivity index (χ0n) is 35.9. The van der Waals surface area contributed by atoms with E-state index in [1.165, 1.54) is 26.0 Å². The molecule has 7 rings (SSSR count). The summed E-state index contributed by atoms with van der Waals surface area (Å²) in [7, 11) is 0.758. The summed E-state index contributed by atoms with van der Waals surface area (Å²) < 4.78 is 42.9.